The normalized spacial score (nSPS) is 18.4. The third-order valence-corrected chi connectivity index (χ3v) is 9.58. The highest BCUT2D eigenvalue weighted by Crippen LogP contribution is 2.32. The SMILES string of the molecule is CCCCCCCCCC(=O)OC[C@H]1O[C@@H]([n+]2cccc(C(N)=O)c2)[C@H](OC(=O)CCCCCCCCC)[C@H]1OC(=O)CCCCCCCCC. The molecule has 290 valence electrons. The zero-order valence-electron chi connectivity index (χ0n) is 32.1. The predicted octanol–water partition coefficient (Wildman–Crippen LogP) is 8.76. The molecule has 0 bridgehead atoms. The van der Waals surface area contributed by atoms with Crippen molar-refractivity contribution in [3.05, 3.63) is 30.1 Å². The van der Waals surface area contributed by atoms with Crippen molar-refractivity contribution in [3.63, 3.8) is 0 Å². The van der Waals surface area contributed by atoms with Gasteiger partial charge in [0.1, 0.15) is 18.3 Å². The quantitative estimate of drug-likeness (QED) is 0.0361. The first-order valence-electron chi connectivity index (χ1n) is 20.3. The number of nitrogens with zero attached hydrogens (tertiary/aromatic N) is 1. The van der Waals surface area contributed by atoms with E-state index in [1.165, 1.54) is 70.4 Å². The van der Waals surface area contributed by atoms with Crippen LogP contribution >= 0.6 is 0 Å². The molecule has 1 saturated heterocycles. The van der Waals surface area contributed by atoms with Crippen LogP contribution in [-0.4, -0.2) is 48.7 Å². The second-order valence-electron chi connectivity index (χ2n) is 14.2. The molecule has 2 heterocycles. The topological polar surface area (TPSA) is 135 Å². The van der Waals surface area contributed by atoms with Crippen molar-refractivity contribution < 1.29 is 42.7 Å². The molecule has 51 heavy (non-hydrogen) atoms. The molecule has 0 unspecified atom stereocenters. The lowest BCUT2D eigenvalue weighted by atomic mass is 10.1. The monoisotopic (exact) mass is 718 g/mol. The van der Waals surface area contributed by atoms with E-state index in [0.29, 0.717) is 19.3 Å². The first-order valence-corrected chi connectivity index (χ1v) is 20.3. The van der Waals surface area contributed by atoms with Crippen LogP contribution in [0.5, 0.6) is 0 Å². The summed E-state index contributed by atoms with van der Waals surface area (Å²) in [5, 5.41) is 0. The molecule has 2 N–H and O–H groups in total. The number of ether oxygens (including phenoxy) is 4. The lowest BCUT2D eigenvalue weighted by Gasteiger charge is -2.23. The fourth-order valence-electron chi connectivity index (χ4n) is 6.49. The molecule has 1 aromatic heterocycles. The highest BCUT2D eigenvalue weighted by molar-refractivity contribution is 5.92. The Bertz CT molecular complexity index is 1130. The van der Waals surface area contributed by atoms with Gasteiger partial charge in [-0.15, -0.1) is 0 Å². The summed E-state index contributed by atoms with van der Waals surface area (Å²) in [4.78, 5) is 51.3. The number of hydrogen-bond donors (Lipinski definition) is 1. The Labute approximate surface area is 307 Å². The van der Waals surface area contributed by atoms with Crippen LogP contribution in [0, 0.1) is 0 Å². The zero-order valence-corrected chi connectivity index (χ0v) is 32.1. The van der Waals surface area contributed by atoms with Gasteiger partial charge in [-0.2, -0.15) is 4.57 Å². The zero-order chi connectivity index (χ0) is 37.1. The van der Waals surface area contributed by atoms with E-state index in [0.717, 1.165) is 57.8 Å². The number of hydrogen-bond acceptors (Lipinski definition) is 8. The van der Waals surface area contributed by atoms with Crippen molar-refractivity contribution in [3.8, 4) is 0 Å². The van der Waals surface area contributed by atoms with E-state index in [9.17, 15) is 19.2 Å². The molecule has 1 fully saturated rings. The van der Waals surface area contributed by atoms with E-state index in [1.54, 1.807) is 22.9 Å². The van der Waals surface area contributed by atoms with Gasteiger partial charge in [0.15, 0.2) is 18.5 Å². The molecule has 4 atom stereocenters. The van der Waals surface area contributed by atoms with Crippen LogP contribution in [-0.2, 0) is 33.3 Å². The average molecular weight is 718 g/mol. The minimum atomic E-state index is -1.03. The third kappa shape index (κ3) is 18.9. The lowest BCUT2D eigenvalue weighted by molar-refractivity contribution is -0.765. The van der Waals surface area contributed by atoms with Gasteiger partial charge in [0.05, 0.1) is 0 Å². The third-order valence-electron chi connectivity index (χ3n) is 9.58. The van der Waals surface area contributed by atoms with E-state index in [4.69, 9.17) is 24.7 Å². The van der Waals surface area contributed by atoms with Crippen LogP contribution in [0.2, 0.25) is 0 Å². The molecular weight excluding hydrogens is 648 g/mol. The Balaban J connectivity index is 2.16. The maximum Gasteiger partial charge on any atom is 0.306 e. The number of rotatable bonds is 30. The summed E-state index contributed by atoms with van der Waals surface area (Å²) < 4.78 is 25.7. The molecular formula is C41H69N2O8+. The molecule has 0 saturated carbocycles. The largest absolute Gasteiger partial charge is 0.463 e. The number of unbranched alkanes of at least 4 members (excludes halogenated alkanes) is 18. The van der Waals surface area contributed by atoms with Gasteiger partial charge in [-0.3, -0.25) is 19.2 Å². The molecule has 0 aliphatic carbocycles. The summed E-state index contributed by atoms with van der Waals surface area (Å²) in [6.07, 6.45) is 22.5. The molecule has 10 nitrogen and oxygen atoms in total. The number of amides is 1. The van der Waals surface area contributed by atoms with E-state index < -0.39 is 42.4 Å². The number of nitrogens with two attached hydrogens (primary N) is 1. The fourth-order valence-corrected chi connectivity index (χ4v) is 6.49. The molecule has 1 amide bonds. The van der Waals surface area contributed by atoms with Crippen LogP contribution < -0.4 is 10.3 Å². The van der Waals surface area contributed by atoms with Gasteiger partial charge < -0.3 is 24.7 Å². The van der Waals surface area contributed by atoms with Crippen molar-refractivity contribution in [2.75, 3.05) is 6.61 Å². The summed E-state index contributed by atoms with van der Waals surface area (Å²) in [5.41, 5.74) is 5.81. The van der Waals surface area contributed by atoms with Crippen LogP contribution in [0.1, 0.15) is 191 Å². The molecule has 2 rings (SSSR count). The molecule has 0 radical (unpaired) electrons. The van der Waals surface area contributed by atoms with Crippen molar-refractivity contribution in [2.24, 2.45) is 5.73 Å². The molecule has 1 aliphatic heterocycles. The van der Waals surface area contributed by atoms with Crippen LogP contribution in [0.4, 0.5) is 0 Å². The average Bonchev–Trinajstić information content (AvgIpc) is 3.45. The smallest absolute Gasteiger partial charge is 0.306 e. The van der Waals surface area contributed by atoms with Gasteiger partial charge in [0.2, 0.25) is 6.10 Å². The summed E-state index contributed by atoms with van der Waals surface area (Å²) in [6, 6.07) is 3.23. The number of aromatic nitrogens is 1. The number of primary amides is 1. The predicted molar refractivity (Wildman–Crippen MR) is 198 cm³/mol. The first kappa shape index (κ1) is 44.2. The Morgan fingerprint density at radius 2 is 1.06 bits per heavy atom. The number of carbonyl (C=O) groups is 4. The Morgan fingerprint density at radius 3 is 1.53 bits per heavy atom. The van der Waals surface area contributed by atoms with Crippen LogP contribution in [0.15, 0.2) is 24.5 Å². The van der Waals surface area contributed by atoms with E-state index in [1.807, 2.05) is 0 Å². The minimum absolute atomic E-state index is 0.164. The number of pyridine rings is 1. The van der Waals surface area contributed by atoms with Gasteiger partial charge in [-0.05, 0) is 25.3 Å². The van der Waals surface area contributed by atoms with Crippen LogP contribution in [0.3, 0.4) is 0 Å². The molecule has 0 spiro atoms. The van der Waals surface area contributed by atoms with Gasteiger partial charge >= 0.3 is 24.1 Å². The lowest BCUT2D eigenvalue weighted by Crippen LogP contribution is -2.49. The van der Waals surface area contributed by atoms with Crippen molar-refractivity contribution in [1.82, 2.24) is 0 Å². The summed E-state index contributed by atoms with van der Waals surface area (Å²) in [5.74, 6) is -1.80. The minimum Gasteiger partial charge on any atom is -0.463 e. The standard InChI is InChI=1S/C41H68N2O8/c1-4-7-10-13-16-19-22-27-35(44)48-32-34-38(50-36(45)28-23-20-17-14-11-8-5-2)39(51-37(46)29-24-21-18-15-12-9-6-3)41(49-34)43-30-25-26-33(31-43)40(42)47/h25-26,30-31,34,38-39,41H,4-24,27-29,32H2,1-3H3,(H-,42,47)/p+1/t34-,38+,39-,41-/m1/s1. The second kappa shape index (κ2) is 27.6. The maximum absolute atomic E-state index is 13.3. The number of esters is 3. The molecule has 0 aromatic carbocycles. The van der Waals surface area contributed by atoms with Gasteiger partial charge in [-0.25, -0.2) is 0 Å². The summed E-state index contributed by atoms with van der Waals surface area (Å²) in [7, 11) is 0. The first-order chi connectivity index (χ1) is 24.8. The highest BCUT2D eigenvalue weighted by Gasteiger charge is 2.55. The number of carbonyl (C=O) groups excluding carboxylic acids is 4. The van der Waals surface area contributed by atoms with Gasteiger partial charge in [0.25, 0.3) is 5.91 Å². The highest BCUT2D eigenvalue weighted by atomic mass is 16.7. The van der Waals surface area contributed by atoms with Crippen molar-refractivity contribution in [1.29, 1.82) is 0 Å². The fraction of sp³-hybridized carbons (Fsp3) is 0.780. The second-order valence-corrected chi connectivity index (χ2v) is 14.2. The van der Waals surface area contributed by atoms with E-state index in [-0.39, 0.29) is 31.0 Å². The Morgan fingerprint density at radius 1 is 0.627 bits per heavy atom. The van der Waals surface area contributed by atoms with Crippen molar-refractivity contribution in [2.45, 2.75) is 199 Å². The molecule has 1 aromatic rings. The summed E-state index contributed by atoms with van der Waals surface area (Å²) >= 11 is 0. The maximum atomic E-state index is 13.3. The Hall–Kier alpha value is -3.01. The molecule has 10 heteroatoms. The Kier molecular flexibility index (Phi) is 23.9. The van der Waals surface area contributed by atoms with Gasteiger partial charge in [-0.1, -0.05) is 136 Å². The summed E-state index contributed by atoms with van der Waals surface area (Å²) in [6.45, 7) is 6.40. The van der Waals surface area contributed by atoms with Gasteiger partial charge in [0, 0.05) is 25.3 Å². The van der Waals surface area contributed by atoms with Crippen LogP contribution in [0.25, 0.3) is 0 Å². The van der Waals surface area contributed by atoms with Crippen molar-refractivity contribution >= 4 is 23.8 Å². The molecule has 1 aliphatic rings. The van der Waals surface area contributed by atoms with E-state index >= 15 is 0 Å². The van der Waals surface area contributed by atoms with E-state index in [2.05, 4.69) is 20.8 Å².